The molecule has 1 heterocycles. The summed E-state index contributed by atoms with van der Waals surface area (Å²) >= 11 is 0. The van der Waals surface area contributed by atoms with Crippen molar-refractivity contribution in [2.75, 3.05) is 6.61 Å². The molecule has 1 saturated carbocycles. The maximum atomic E-state index is 12.2. The number of amides is 1. The third-order valence-corrected chi connectivity index (χ3v) is 4.40. The summed E-state index contributed by atoms with van der Waals surface area (Å²) in [4.78, 5) is 23.5. The summed E-state index contributed by atoms with van der Waals surface area (Å²) in [6, 6.07) is -0.736. The number of carbonyl (C=O) groups is 2. The Bertz CT molecular complexity index is 338. The van der Waals surface area contributed by atoms with Gasteiger partial charge in [0.25, 0.3) is 0 Å². The SMILES string of the molecule is CC1OCCC1C(=O)NC(C(=O)O)C1CCCCC1. The van der Waals surface area contributed by atoms with Crippen molar-refractivity contribution in [1.29, 1.82) is 0 Å². The van der Waals surface area contributed by atoms with E-state index < -0.39 is 12.0 Å². The average molecular weight is 269 g/mol. The van der Waals surface area contributed by atoms with E-state index in [0.717, 1.165) is 25.7 Å². The first-order valence-electron chi connectivity index (χ1n) is 7.24. The first kappa shape index (κ1) is 14.3. The number of carbonyl (C=O) groups excluding carboxylic acids is 1. The molecule has 2 rings (SSSR count). The van der Waals surface area contributed by atoms with Gasteiger partial charge in [-0.3, -0.25) is 4.79 Å². The van der Waals surface area contributed by atoms with Crippen LogP contribution in [0.25, 0.3) is 0 Å². The molecule has 0 radical (unpaired) electrons. The molecule has 108 valence electrons. The number of ether oxygens (including phenoxy) is 1. The van der Waals surface area contributed by atoms with Crippen LogP contribution in [0, 0.1) is 11.8 Å². The smallest absolute Gasteiger partial charge is 0.326 e. The van der Waals surface area contributed by atoms with Crippen LogP contribution in [-0.2, 0) is 14.3 Å². The van der Waals surface area contributed by atoms with E-state index in [2.05, 4.69) is 5.32 Å². The topological polar surface area (TPSA) is 75.6 Å². The molecule has 0 bridgehead atoms. The van der Waals surface area contributed by atoms with Crippen molar-refractivity contribution in [3.8, 4) is 0 Å². The van der Waals surface area contributed by atoms with Crippen molar-refractivity contribution >= 4 is 11.9 Å². The fourth-order valence-corrected chi connectivity index (χ4v) is 3.19. The van der Waals surface area contributed by atoms with Crippen molar-refractivity contribution in [3.05, 3.63) is 0 Å². The summed E-state index contributed by atoms with van der Waals surface area (Å²) in [5.74, 6) is -1.20. The molecule has 0 spiro atoms. The highest BCUT2D eigenvalue weighted by molar-refractivity contribution is 5.85. The quantitative estimate of drug-likeness (QED) is 0.812. The monoisotopic (exact) mass is 269 g/mol. The molecule has 3 atom stereocenters. The van der Waals surface area contributed by atoms with E-state index in [9.17, 15) is 14.7 Å². The number of hydrogen-bond acceptors (Lipinski definition) is 3. The standard InChI is InChI=1S/C14H23NO4/c1-9-11(7-8-19-9)13(16)15-12(14(17)18)10-5-3-2-4-6-10/h9-12H,2-8H2,1H3,(H,15,16)(H,17,18). The van der Waals surface area contributed by atoms with Gasteiger partial charge in [0.1, 0.15) is 6.04 Å². The lowest BCUT2D eigenvalue weighted by Crippen LogP contribution is -2.49. The molecule has 2 aliphatic rings. The molecule has 2 N–H and O–H groups in total. The Morgan fingerprint density at radius 2 is 1.89 bits per heavy atom. The predicted octanol–water partition coefficient (Wildman–Crippen LogP) is 1.56. The maximum absolute atomic E-state index is 12.2. The van der Waals surface area contributed by atoms with Gasteiger partial charge in [-0.15, -0.1) is 0 Å². The first-order valence-corrected chi connectivity index (χ1v) is 7.24. The minimum Gasteiger partial charge on any atom is -0.480 e. The predicted molar refractivity (Wildman–Crippen MR) is 69.7 cm³/mol. The highest BCUT2D eigenvalue weighted by Gasteiger charge is 2.36. The van der Waals surface area contributed by atoms with Gasteiger partial charge in [-0.2, -0.15) is 0 Å². The van der Waals surface area contributed by atoms with Crippen LogP contribution in [0.3, 0.4) is 0 Å². The average Bonchev–Trinajstić information content (AvgIpc) is 2.82. The molecule has 1 saturated heterocycles. The van der Waals surface area contributed by atoms with E-state index in [1.807, 2.05) is 6.92 Å². The fraction of sp³-hybridized carbons (Fsp3) is 0.857. The summed E-state index contributed by atoms with van der Waals surface area (Å²) in [7, 11) is 0. The molecule has 1 amide bonds. The molecular formula is C14H23NO4. The fourth-order valence-electron chi connectivity index (χ4n) is 3.19. The van der Waals surface area contributed by atoms with Gasteiger partial charge in [-0.1, -0.05) is 19.3 Å². The zero-order valence-electron chi connectivity index (χ0n) is 11.4. The number of carboxylic acid groups (broad SMARTS) is 1. The number of aliphatic carboxylic acids is 1. The van der Waals surface area contributed by atoms with Crippen LogP contribution in [0.1, 0.15) is 45.4 Å². The molecule has 0 aromatic rings. The van der Waals surface area contributed by atoms with Crippen molar-refractivity contribution in [3.63, 3.8) is 0 Å². The molecule has 2 fully saturated rings. The summed E-state index contributed by atoms with van der Waals surface area (Å²) < 4.78 is 5.37. The summed E-state index contributed by atoms with van der Waals surface area (Å²) in [6.45, 7) is 2.45. The molecule has 5 heteroatoms. The van der Waals surface area contributed by atoms with Crippen molar-refractivity contribution < 1.29 is 19.4 Å². The lowest BCUT2D eigenvalue weighted by molar-refractivity contribution is -0.144. The van der Waals surface area contributed by atoms with Crippen LogP contribution in [0.5, 0.6) is 0 Å². The van der Waals surface area contributed by atoms with Crippen LogP contribution >= 0.6 is 0 Å². The Hall–Kier alpha value is -1.10. The van der Waals surface area contributed by atoms with Crippen LogP contribution in [0.2, 0.25) is 0 Å². The summed E-state index contributed by atoms with van der Waals surface area (Å²) in [6.07, 6.45) is 5.66. The van der Waals surface area contributed by atoms with Crippen molar-refractivity contribution in [2.24, 2.45) is 11.8 Å². The lowest BCUT2D eigenvalue weighted by Gasteiger charge is -2.29. The van der Waals surface area contributed by atoms with E-state index in [1.165, 1.54) is 6.42 Å². The zero-order chi connectivity index (χ0) is 13.8. The number of rotatable bonds is 4. The Kier molecular flexibility index (Phi) is 4.80. The van der Waals surface area contributed by atoms with Crippen LogP contribution in [-0.4, -0.2) is 35.7 Å². The van der Waals surface area contributed by atoms with E-state index in [0.29, 0.717) is 13.0 Å². The van der Waals surface area contributed by atoms with Gasteiger partial charge in [0.05, 0.1) is 12.0 Å². The molecular weight excluding hydrogens is 246 g/mol. The summed E-state index contributed by atoms with van der Waals surface area (Å²) in [5.41, 5.74) is 0. The van der Waals surface area contributed by atoms with Gasteiger partial charge < -0.3 is 15.2 Å². The molecule has 1 aliphatic heterocycles. The minimum absolute atomic E-state index is 0.0767. The molecule has 0 aromatic carbocycles. The van der Waals surface area contributed by atoms with Gasteiger partial charge in [0.15, 0.2) is 0 Å². The van der Waals surface area contributed by atoms with Crippen LogP contribution < -0.4 is 5.32 Å². The van der Waals surface area contributed by atoms with Gasteiger partial charge in [0.2, 0.25) is 5.91 Å². The lowest BCUT2D eigenvalue weighted by atomic mass is 9.83. The Balaban J connectivity index is 1.95. The minimum atomic E-state index is -0.910. The zero-order valence-corrected chi connectivity index (χ0v) is 11.4. The third-order valence-electron chi connectivity index (χ3n) is 4.40. The number of hydrogen-bond donors (Lipinski definition) is 2. The molecule has 19 heavy (non-hydrogen) atoms. The molecule has 3 unspecified atom stereocenters. The largest absolute Gasteiger partial charge is 0.480 e. The van der Waals surface area contributed by atoms with E-state index >= 15 is 0 Å². The van der Waals surface area contributed by atoms with Crippen molar-refractivity contribution in [1.82, 2.24) is 5.32 Å². The van der Waals surface area contributed by atoms with Crippen LogP contribution in [0.4, 0.5) is 0 Å². The number of nitrogens with one attached hydrogen (secondary N) is 1. The molecule has 0 aromatic heterocycles. The van der Waals surface area contributed by atoms with Crippen LogP contribution in [0.15, 0.2) is 0 Å². The Labute approximate surface area is 113 Å². The second-order valence-electron chi connectivity index (χ2n) is 5.69. The molecule has 1 aliphatic carbocycles. The Morgan fingerprint density at radius 3 is 2.42 bits per heavy atom. The van der Waals surface area contributed by atoms with Gasteiger partial charge in [0, 0.05) is 6.61 Å². The highest BCUT2D eigenvalue weighted by atomic mass is 16.5. The first-order chi connectivity index (χ1) is 9.09. The van der Waals surface area contributed by atoms with E-state index in [1.54, 1.807) is 0 Å². The van der Waals surface area contributed by atoms with Crippen molar-refractivity contribution in [2.45, 2.75) is 57.6 Å². The van der Waals surface area contributed by atoms with E-state index in [-0.39, 0.29) is 23.8 Å². The van der Waals surface area contributed by atoms with Gasteiger partial charge in [-0.05, 0) is 32.1 Å². The van der Waals surface area contributed by atoms with Gasteiger partial charge in [-0.25, -0.2) is 4.79 Å². The Morgan fingerprint density at radius 1 is 1.21 bits per heavy atom. The molecule has 5 nitrogen and oxygen atoms in total. The maximum Gasteiger partial charge on any atom is 0.326 e. The van der Waals surface area contributed by atoms with E-state index in [4.69, 9.17) is 4.74 Å². The summed E-state index contributed by atoms with van der Waals surface area (Å²) in [5, 5.41) is 12.1. The normalized spacial score (nSPS) is 29.9. The second kappa shape index (κ2) is 6.37. The number of carboxylic acids is 1. The van der Waals surface area contributed by atoms with Gasteiger partial charge >= 0.3 is 5.97 Å². The third kappa shape index (κ3) is 3.47. The second-order valence-corrected chi connectivity index (χ2v) is 5.69. The highest BCUT2D eigenvalue weighted by Crippen LogP contribution is 2.27.